The molecule has 0 bridgehead atoms. The van der Waals surface area contributed by atoms with Gasteiger partial charge in [0.05, 0.1) is 11.9 Å². The molecule has 0 unspecified atom stereocenters. The first-order chi connectivity index (χ1) is 17.0. The van der Waals surface area contributed by atoms with Crippen LogP contribution in [0.2, 0.25) is 0 Å². The maximum atomic E-state index is 13.0. The maximum absolute atomic E-state index is 13.0. The summed E-state index contributed by atoms with van der Waals surface area (Å²) >= 11 is 0. The molecule has 0 saturated carbocycles. The molecule has 1 aromatic carbocycles. The van der Waals surface area contributed by atoms with Gasteiger partial charge in [0.1, 0.15) is 11.6 Å². The zero-order chi connectivity index (χ0) is 24.4. The van der Waals surface area contributed by atoms with E-state index in [1.165, 1.54) is 0 Å². The van der Waals surface area contributed by atoms with Gasteiger partial charge >= 0.3 is 0 Å². The van der Waals surface area contributed by atoms with Crippen molar-refractivity contribution in [3.63, 3.8) is 0 Å². The number of carbonyl (C=O) groups excluding carboxylic acids is 1. The third kappa shape index (κ3) is 5.07. The van der Waals surface area contributed by atoms with E-state index in [9.17, 15) is 4.79 Å². The SMILES string of the molecule is CN1CCN(c2cc(C(=O)Nc3cc4cc(-c5cncc(N(C)C)c5)ccc4cn3)ccn2)CC1.[HH]. The van der Waals surface area contributed by atoms with Crippen LogP contribution in [-0.4, -0.2) is 73.1 Å². The van der Waals surface area contributed by atoms with E-state index in [2.05, 4.69) is 55.3 Å². The number of nitrogens with zero attached hydrogens (tertiary/aromatic N) is 6. The predicted molar refractivity (Wildman–Crippen MR) is 143 cm³/mol. The highest BCUT2D eigenvalue weighted by Gasteiger charge is 2.17. The number of piperazine rings is 1. The molecule has 1 N–H and O–H groups in total. The van der Waals surface area contributed by atoms with E-state index in [4.69, 9.17) is 0 Å². The average molecular weight is 470 g/mol. The van der Waals surface area contributed by atoms with Crippen LogP contribution in [0.25, 0.3) is 21.9 Å². The maximum Gasteiger partial charge on any atom is 0.257 e. The number of anilines is 3. The molecule has 180 valence electrons. The van der Waals surface area contributed by atoms with Crippen LogP contribution in [-0.2, 0) is 0 Å². The number of aromatic nitrogens is 3. The van der Waals surface area contributed by atoms with Crippen molar-refractivity contribution >= 4 is 34.0 Å². The van der Waals surface area contributed by atoms with Gasteiger partial charge in [0.2, 0.25) is 0 Å². The van der Waals surface area contributed by atoms with Crippen molar-refractivity contribution in [2.45, 2.75) is 0 Å². The molecular weight excluding hydrogens is 438 g/mol. The topological polar surface area (TPSA) is 77.5 Å². The number of rotatable bonds is 5. The van der Waals surface area contributed by atoms with Crippen molar-refractivity contribution in [1.29, 1.82) is 0 Å². The molecule has 0 aliphatic carbocycles. The van der Waals surface area contributed by atoms with E-state index in [-0.39, 0.29) is 7.33 Å². The molecule has 1 amide bonds. The van der Waals surface area contributed by atoms with Gasteiger partial charge in [0, 0.05) is 76.8 Å². The summed E-state index contributed by atoms with van der Waals surface area (Å²) in [7, 11) is 6.11. The van der Waals surface area contributed by atoms with Gasteiger partial charge in [0.15, 0.2) is 0 Å². The van der Waals surface area contributed by atoms with E-state index >= 15 is 0 Å². The van der Waals surface area contributed by atoms with Gasteiger partial charge in [-0.1, -0.05) is 12.1 Å². The third-order valence-electron chi connectivity index (χ3n) is 6.37. The Bertz CT molecular complexity index is 1370. The fraction of sp³-hybridized carbons (Fsp3) is 0.259. The molecule has 0 radical (unpaired) electrons. The Morgan fingerprint density at radius 2 is 1.74 bits per heavy atom. The van der Waals surface area contributed by atoms with E-state index < -0.39 is 0 Å². The highest BCUT2D eigenvalue weighted by molar-refractivity contribution is 6.05. The van der Waals surface area contributed by atoms with Crippen LogP contribution in [0.5, 0.6) is 0 Å². The number of carbonyl (C=O) groups is 1. The highest BCUT2D eigenvalue weighted by atomic mass is 16.1. The zero-order valence-corrected chi connectivity index (χ0v) is 20.3. The molecule has 5 rings (SSSR count). The van der Waals surface area contributed by atoms with Crippen LogP contribution < -0.4 is 15.1 Å². The largest absolute Gasteiger partial charge is 0.376 e. The number of fused-ring (bicyclic) bond motifs is 1. The molecule has 8 heteroatoms. The summed E-state index contributed by atoms with van der Waals surface area (Å²) in [6, 6.07) is 13.8. The lowest BCUT2D eigenvalue weighted by atomic mass is 10.0. The molecule has 1 aliphatic heterocycles. The zero-order valence-electron chi connectivity index (χ0n) is 20.3. The van der Waals surface area contributed by atoms with Crippen LogP contribution in [0.15, 0.2) is 67.3 Å². The van der Waals surface area contributed by atoms with Gasteiger partial charge < -0.3 is 20.0 Å². The Balaban J connectivity index is 0.00000304. The summed E-state index contributed by atoms with van der Waals surface area (Å²) in [5.41, 5.74) is 3.70. The van der Waals surface area contributed by atoms with Gasteiger partial charge in [0.25, 0.3) is 5.91 Å². The highest BCUT2D eigenvalue weighted by Crippen LogP contribution is 2.27. The Morgan fingerprint density at radius 3 is 2.54 bits per heavy atom. The van der Waals surface area contributed by atoms with E-state index in [1.54, 1.807) is 18.5 Å². The second kappa shape index (κ2) is 9.68. The quantitative estimate of drug-likeness (QED) is 0.473. The van der Waals surface area contributed by atoms with Gasteiger partial charge in [-0.3, -0.25) is 9.78 Å². The Labute approximate surface area is 206 Å². The molecule has 1 aliphatic rings. The van der Waals surface area contributed by atoms with Crippen LogP contribution in [0.3, 0.4) is 0 Å². The average Bonchev–Trinajstić information content (AvgIpc) is 2.89. The van der Waals surface area contributed by atoms with E-state index in [0.717, 1.165) is 59.6 Å². The predicted octanol–water partition coefficient (Wildman–Crippen LogP) is 4.01. The smallest absolute Gasteiger partial charge is 0.257 e. The second-order valence-electron chi connectivity index (χ2n) is 9.10. The summed E-state index contributed by atoms with van der Waals surface area (Å²) in [5.74, 6) is 1.14. The Morgan fingerprint density at radius 1 is 0.914 bits per heavy atom. The summed E-state index contributed by atoms with van der Waals surface area (Å²) in [6.45, 7) is 3.76. The van der Waals surface area contributed by atoms with Gasteiger partial charge in [-0.05, 0) is 48.3 Å². The molecule has 0 atom stereocenters. The number of benzene rings is 1. The second-order valence-corrected chi connectivity index (χ2v) is 9.10. The molecule has 0 spiro atoms. The number of hydrogen-bond acceptors (Lipinski definition) is 7. The van der Waals surface area contributed by atoms with Crippen molar-refractivity contribution < 1.29 is 6.22 Å². The van der Waals surface area contributed by atoms with Crippen molar-refractivity contribution in [3.05, 3.63) is 72.8 Å². The lowest BCUT2D eigenvalue weighted by Gasteiger charge is -2.33. The molecule has 3 aromatic heterocycles. The third-order valence-corrected chi connectivity index (χ3v) is 6.37. The molecule has 1 saturated heterocycles. The van der Waals surface area contributed by atoms with Crippen LogP contribution in [0.1, 0.15) is 11.8 Å². The molecule has 8 nitrogen and oxygen atoms in total. The minimum absolute atomic E-state index is 0. The van der Waals surface area contributed by atoms with Gasteiger partial charge in [-0.2, -0.15) is 0 Å². The number of amides is 1. The fourth-order valence-corrected chi connectivity index (χ4v) is 4.18. The molecule has 4 aromatic rings. The van der Waals surface area contributed by atoms with Crippen molar-refractivity contribution in [2.24, 2.45) is 0 Å². The Kier molecular flexibility index (Phi) is 6.29. The van der Waals surface area contributed by atoms with Crippen LogP contribution >= 0.6 is 0 Å². The lowest BCUT2D eigenvalue weighted by molar-refractivity contribution is 0.102. The normalized spacial score (nSPS) is 14.2. The van der Waals surface area contributed by atoms with Crippen LogP contribution in [0, 0.1) is 0 Å². The first kappa shape index (κ1) is 22.7. The summed E-state index contributed by atoms with van der Waals surface area (Å²) < 4.78 is 0. The molecule has 35 heavy (non-hydrogen) atoms. The fourth-order valence-electron chi connectivity index (χ4n) is 4.18. The van der Waals surface area contributed by atoms with Crippen molar-refractivity contribution in [2.75, 3.05) is 62.4 Å². The molecular formula is C27H31N7O. The van der Waals surface area contributed by atoms with Crippen LogP contribution in [0.4, 0.5) is 17.3 Å². The van der Waals surface area contributed by atoms with Gasteiger partial charge in [-0.15, -0.1) is 0 Å². The monoisotopic (exact) mass is 469 g/mol. The lowest BCUT2D eigenvalue weighted by Crippen LogP contribution is -2.44. The first-order valence-electron chi connectivity index (χ1n) is 11.7. The molecule has 4 heterocycles. The van der Waals surface area contributed by atoms with E-state index in [1.807, 2.05) is 49.6 Å². The minimum Gasteiger partial charge on any atom is -0.376 e. The summed E-state index contributed by atoms with van der Waals surface area (Å²) in [6.07, 6.45) is 7.18. The number of hydrogen-bond donors (Lipinski definition) is 1. The number of pyridine rings is 3. The van der Waals surface area contributed by atoms with Crippen molar-refractivity contribution in [1.82, 2.24) is 19.9 Å². The Hall–Kier alpha value is -4.04. The summed E-state index contributed by atoms with van der Waals surface area (Å²) in [5, 5.41) is 4.95. The van der Waals surface area contributed by atoms with E-state index in [0.29, 0.717) is 11.4 Å². The summed E-state index contributed by atoms with van der Waals surface area (Å²) in [4.78, 5) is 32.8. The first-order valence-corrected chi connectivity index (χ1v) is 11.7. The standard InChI is InChI=1S/C27H29N7O.H2/c1-32(2)24-13-23(16-28-18-24)19-4-5-21-17-30-25(14-22(21)12-19)31-27(35)20-6-7-29-26(15-20)34-10-8-33(3)9-11-34;/h4-7,12-18H,8-11H2,1-3H3,(H,30,31,35);1H. The van der Waals surface area contributed by atoms with Crippen molar-refractivity contribution in [3.8, 4) is 11.1 Å². The number of nitrogens with one attached hydrogen (secondary N) is 1. The van der Waals surface area contributed by atoms with Gasteiger partial charge in [-0.25, -0.2) is 9.97 Å². The molecule has 1 fully saturated rings. The minimum atomic E-state index is -0.200. The number of likely N-dealkylation sites (N-methyl/N-ethyl adjacent to an activating group) is 1.